The van der Waals surface area contributed by atoms with Gasteiger partial charge < -0.3 is 4.74 Å². The van der Waals surface area contributed by atoms with Crippen molar-refractivity contribution in [2.75, 3.05) is 7.11 Å². The van der Waals surface area contributed by atoms with Crippen LogP contribution in [0.3, 0.4) is 0 Å². The lowest BCUT2D eigenvalue weighted by Crippen LogP contribution is -1.91. The molecule has 2 aromatic carbocycles. The van der Waals surface area contributed by atoms with Crippen molar-refractivity contribution in [3.05, 3.63) is 53.6 Å². The third kappa shape index (κ3) is 2.16. The lowest BCUT2D eigenvalue weighted by atomic mass is 9.99. The maximum atomic E-state index is 13.9. The van der Waals surface area contributed by atoms with Gasteiger partial charge in [-0.15, -0.1) is 0 Å². The third-order valence-electron chi connectivity index (χ3n) is 2.57. The lowest BCUT2D eigenvalue weighted by Gasteiger charge is -2.07. The molecule has 4 heteroatoms. The number of ether oxygens (including phenoxy) is 1. The quantitative estimate of drug-likeness (QED) is 0.811. The molecule has 2 nitrogen and oxygen atoms in total. The molecule has 0 saturated heterocycles. The van der Waals surface area contributed by atoms with E-state index < -0.39 is 11.6 Å². The van der Waals surface area contributed by atoms with Gasteiger partial charge in [-0.25, -0.2) is 8.78 Å². The first-order valence-electron chi connectivity index (χ1n) is 5.19. The Morgan fingerprint density at radius 3 is 2.44 bits per heavy atom. The molecule has 0 bridgehead atoms. The minimum Gasteiger partial charge on any atom is -0.497 e. The molecule has 2 aromatic rings. The zero-order valence-electron chi connectivity index (χ0n) is 9.58. The monoisotopic (exact) mass is 245 g/mol. The standard InChI is InChI=1S/C14H9F2NO/c1-18-11-4-5-12(14(16)7-11)13-6-10(15)3-2-9(13)8-17/h2-7H,1H3. The van der Waals surface area contributed by atoms with Crippen LogP contribution < -0.4 is 4.74 Å². The molecule has 0 aliphatic rings. The minimum absolute atomic E-state index is 0.173. The maximum absolute atomic E-state index is 13.9. The van der Waals surface area contributed by atoms with E-state index in [1.807, 2.05) is 6.07 Å². The average molecular weight is 245 g/mol. The molecule has 0 amide bonds. The van der Waals surface area contributed by atoms with Gasteiger partial charge in [-0.3, -0.25) is 0 Å². The van der Waals surface area contributed by atoms with Crippen molar-refractivity contribution in [2.45, 2.75) is 0 Å². The van der Waals surface area contributed by atoms with Crippen molar-refractivity contribution >= 4 is 0 Å². The lowest BCUT2D eigenvalue weighted by molar-refractivity contribution is 0.411. The van der Waals surface area contributed by atoms with Crippen LogP contribution in [-0.2, 0) is 0 Å². The molecule has 0 saturated carbocycles. The second-order valence-electron chi connectivity index (χ2n) is 3.65. The molecule has 0 heterocycles. The number of benzene rings is 2. The van der Waals surface area contributed by atoms with Gasteiger partial charge in [0.25, 0.3) is 0 Å². The van der Waals surface area contributed by atoms with E-state index in [0.717, 1.165) is 6.07 Å². The molecule has 0 aliphatic carbocycles. The van der Waals surface area contributed by atoms with Gasteiger partial charge in [0.15, 0.2) is 0 Å². The van der Waals surface area contributed by atoms with E-state index in [1.165, 1.54) is 31.4 Å². The number of methoxy groups -OCH3 is 1. The molecular weight excluding hydrogens is 236 g/mol. The maximum Gasteiger partial charge on any atom is 0.134 e. The Labute approximate surface area is 103 Å². The second kappa shape index (κ2) is 4.84. The molecule has 2 rings (SSSR count). The smallest absolute Gasteiger partial charge is 0.134 e. The van der Waals surface area contributed by atoms with Gasteiger partial charge in [-0.05, 0) is 30.3 Å². The Balaban J connectivity index is 2.62. The molecule has 0 spiro atoms. The van der Waals surface area contributed by atoms with Crippen LogP contribution in [0.2, 0.25) is 0 Å². The highest BCUT2D eigenvalue weighted by molar-refractivity contribution is 5.71. The topological polar surface area (TPSA) is 33.0 Å². The molecule has 0 aliphatic heterocycles. The van der Waals surface area contributed by atoms with Crippen molar-refractivity contribution in [3.8, 4) is 22.9 Å². The summed E-state index contributed by atoms with van der Waals surface area (Å²) in [5.74, 6) is -0.707. The van der Waals surface area contributed by atoms with E-state index in [9.17, 15) is 8.78 Å². The van der Waals surface area contributed by atoms with Gasteiger partial charge in [-0.2, -0.15) is 5.26 Å². The Morgan fingerprint density at radius 2 is 1.83 bits per heavy atom. The van der Waals surface area contributed by atoms with Crippen LogP contribution >= 0.6 is 0 Å². The molecule has 90 valence electrons. The molecular formula is C14H9F2NO. The largest absolute Gasteiger partial charge is 0.497 e. The molecule has 0 atom stereocenters. The van der Waals surface area contributed by atoms with Gasteiger partial charge >= 0.3 is 0 Å². The Kier molecular flexibility index (Phi) is 3.24. The summed E-state index contributed by atoms with van der Waals surface area (Å²) in [6.45, 7) is 0. The van der Waals surface area contributed by atoms with Gasteiger partial charge in [0, 0.05) is 17.2 Å². The van der Waals surface area contributed by atoms with E-state index in [0.29, 0.717) is 5.75 Å². The number of hydrogen-bond donors (Lipinski definition) is 0. The predicted octanol–water partition coefficient (Wildman–Crippen LogP) is 3.51. The van der Waals surface area contributed by atoms with Crippen LogP contribution in [0.4, 0.5) is 8.78 Å². The first-order valence-corrected chi connectivity index (χ1v) is 5.19. The van der Waals surface area contributed by atoms with Crippen molar-refractivity contribution < 1.29 is 13.5 Å². The number of hydrogen-bond acceptors (Lipinski definition) is 2. The molecule has 0 fully saturated rings. The molecule has 0 unspecified atom stereocenters. The molecule has 18 heavy (non-hydrogen) atoms. The first kappa shape index (κ1) is 12.1. The predicted molar refractivity (Wildman–Crippen MR) is 63.1 cm³/mol. The fourth-order valence-corrected chi connectivity index (χ4v) is 1.68. The van der Waals surface area contributed by atoms with Crippen LogP contribution in [0.1, 0.15) is 5.56 Å². The minimum atomic E-state index is -0.559. The first-order chi connectivity index (χ1) is 8.65. The Morgan fingerprint density at radius 1 is 1.06 bits per heavy atom. The van der Waals surface area contributed by atoms with Gasteiger partial charge in [0.1, 0.15) is 17.4 Å². The van der Waals surface area contributed by atoms with Crippen molar-refractivity contribution in [1.82, 2.24) is 0 Å². The van der Waals surface area contributed by atoms with Crippen LogP contribution in [0, 0.1) is 23.0 Å². The summed E-state index contributed by atoms with van der Waals surface area (Å²) < 4.78 is 31.9. The zero-order valence-corrected chi connectivity index (χ0v) is 9.58. The summed E-state index contributed by atoms with van der Waals surface area (Å²) in [7, 11) is 1.43. The van der Waals surface area contributed by atoms with E-state index in [4.69, 9.17) is 10.00 Å². The summed E-state index contributed by atoms with van der Waals surface area (Å²) in [5.41, 5.74) is 0.630. The number of halogens is 2. The summed E-state index contributed by atoms with van der Waals surface area (Å²) in [6, 6.07) is 9.77. The van der Waals surface area contributed by atoms with Crippen molar-refractivity contribution in [3.63, 3.8) is 0 Å². The van der Waals surface area contributed by atoms with Gasteiger partial charge in [0.2, 0.25) is 0 Å². The fourth-order valence-electron chi connectivity index (χ4n) is 1.68. The second-order valence-corrected chi connectivity index (χ2v) is 3.65. The average Bonchev–Trinajstić information content (AvgIpc) is 2.38. The van der Waals surface area contributed by atoms with E-state index in [1.54, 1.807) is 6.07 Å². The Hall–Kier alpha value is -2.41. The summed E-state index contributed by atoms with van der Waals surface area (Å²) in [6.07, 6.45) is 0. The van der Waals surface area contributed by atoms with Crippen LogP contribution in [0.5, 0.6) is 5.75 Å². The summed E-state index contributed by atoms with van der Waals surface area (Å²) in [4.78, 5) is 0. The SMILES string of the molecule is COc1ccc(-c2cc(F)ccc2C#N)c(F)c1. The highest BCUT2D eigenvalue weighted by Crippen LogP contribution is 2.29. The van der Waals surface area contributed by atoms with Crippen LogP contribution in [-0.4, -0.2) is 7.11 Å². The molecule has 0 N–H and O–H groups in total. The third-order valence-corrected chi connectivity index (χ3v) is 2.57. The highest BCUT2D eigenvalue weighted by Gasteiger charge is 2.11. The summed E-state index contributed by atoms with van der Waals surface area (Å²) in [5, 5.41) is 8.94. The van der Waals surface area contributed by atoms with Crippen molar-refractivity contribution in [1.29, 1.82) is 5.26 Å². The highest BCUT2D eigenvalue weighted by atomic mass is 19.1. The van der Waals surface area contributed by atoms with E-state index >= 15 is 0 Å². The van der Waals surface area contributed by atoms with Gasteiger partial charge in [-0.1, -0.05) is 0 Å². The van der Waals surface area contributed by atoms with Crippen LogP contribution in [0.15, 0.2) is 36.4 Å². The Bertz CT molecular complexity index is 632. The van der Waals surface area contributed by atoms with Crippen LogP contribution in [0.25, 0.3) is 11.1 Å². The molecule has 0 radical (unpaired) electrons. The molecule has 0 aromatic heterocycles. The zero-order chi connectivity index (χ0) is 13.1. The number of nitrogens with zero attached hydrogens (tertiary/aromatic N) is 1. The van der Waals surface area contributed by atoms with Gasteiger partial charge in [0.05, 0.1) is 18.7 Å². The number of nitriles is 1. The van der Waals surface area contributed by atoms with Crippen molar-refractivity contribution in [2.24, 2.45) is 0 Å². The van der Waals surface area contributed by atoms with E-state index in [2.05, 4.69) is 0 Å². The summed E-state index contributed by atoms with van der Waals surface area (Å²) >= 11 is 0. The fraction of sp³-hybridized carbons (Fsp3) is 0.0714. The normalized spacial score (nSPS) is 9.89. The van der Waals surface area contributed by atoms with E-state index in [-0.39, 0.29) is 16.7 Å². The number of rotatable bonds is 2.